The molecule has 0 aromatic rings. The average molecular weight is 433 g/mol. The van der Waals surface area contributed by atoms with Gasteiger partial charge in [0.05, 0.1) is 12.7 Å². The fraction of sp³-hybridized carbons (Fsp3) is 1.00. The molecule has 1 saturated heterocycles. The lowest BCUT2D eigenvalue weighted by atomic mass is 10.0. The van der Waals surface area contributed by atoms with Gasteiger partial charge < -0.3 is 28.4 Å². The van der Waals surface area contributed by atoms with Gasteiger partial charge in [-0.3, -0.25) is 0 Å². The van der Waals surface area contributed by atoms with Gasteiger partial charge in [-0.2, -0.15) is 0 Å². The predicted octanol–water partition coefficient (Wildman–Crippen LogP) is 5.12. The Morgan fingerprint density at radius 1 is 0.700 bits per heavy atom. The van der Waals surface area contributed by atoms with Gasteiger partial charge in [0, 0.05) is 40.0 Å². The van der Waals surface area contributed by atoms with Crippen molar-refractivity contribution in [1.29, 1.82) is 0 Å². The van der Waals surface area contributed by atoms with Crippen LogP contribution >= 0.6 is 0 Å². The molecule has 0 bridgehead atoms. The van der Waals surface area contributed by atoms with E-state index in [4.69, 9.17) is 28.4 Å². The van der Waals surface area contributed by atoms with Crippen molar-refractivity contribution in [2.75, 3.05) is 40.1 Å². The third-order valence-corrected chi connectivity index (χ3v) is 5.44. The molecule has 0 aliphatic carbocycles. The smallest absolute Gasteiger partial charge is 0.160 e. The molecule has 0 aromatic heterocycles. The minimum Gasteiger partial charge on any atom is -0.379 e. The maximum atomic E-state index is 6.40. The minimum absolute atomic E-state index is 0.120. The third-order valence-electron chi connectivity index (χ3n) is 5.44. The molecule has 1 rings (SSSR count). The van der Waals surface area contributed by atoms with Gasteiger partial charge in [-0.1, -0.05) is 53.4 Å². The molecule has 1 aliphatic heterocycles. The van der Waals surface area contributed by atoms with Gasteiger partial charge >= 0.3 is 0 Å². The van der Waals surface area contributed by atoms with E-state index < -0.39 is 0 Å². The van der Waals surface area contributed by atoms with E-state index in [-0.39, 0.29) is 30.7 Å². The molecule has 0 spiro atoms. The molecule has 180 valence electrons. The van der Waals surface area contributed by atoms with E-state index in [1.165, 1.54) is 0 Å². The van der Waals surface area contributed by atoms with Crippen molar-refractivity contribution < 1.29 is 28.4 Å². The Bertz CT molecular complexity index is 381. The van der Waals surface area contributed by atoms with Gasteiger partial charge in [0.1, 0.15) is 18.3 Å². The molecule has 1 heterocycles. The quantitative estimate of drug-likeness (QED) is 0.280. The lowest BCUT2D eigenvalue weighted by Gasteiger charge is -2.34. The molecule has 1 aliphatic rings. The minimum atomic E-state index is -0.353. The molecule has 5 atom stereocenters. The highest BCUT2D eigenvalue weighted by Gasteiger charge is 2.43. The van der Waals surface area contributed by atoms with E-state index in [1.54, 1.807) is 7.11 Å². The molecule has 1 unspecified atom stereocenters. The molecule has 0 aromatic carbocycles. The highest BCUT2D eigenvalue weighted by molar-refractivity contribution is 4.90. The second-order valence-corrected chi connectivity index (χ2v) is 8.14. The zero-order valence-corrected chi connectivity index (χ0v) is 20.2. The number of hydrogen-bond donors (Lipinski definition) is 0. The third kappa shape index (κ3) is 10.9. The van der Waals surface area contributed by atoms with Crippen molar-refractivity contribution in [2.24, 2.45) is 0 Å². The van der Waals surface area contributed by atoms with Gasteiger partial charge in [0.15, 0.2) is 6.29 Å². The molecule has 1 fully saturated rings. The van der Waals surface area contributed by atoms with Gasteiger partial charge in [-0.25, -0.2) is 0 Å². The summed E-state index contributed by atoms with van der Waals surface area (Å²) < 4.78 is 37.0. The Morgan fingerprint density at radius 3 is 1.80 bits per heavy atom. The van der Waals surface area contributed by atoms with Crippen LogP contribution in [0, 0.1) is 0 Å². The van der Waals surface area contributed by atoms with Crippen LogP contribution in [0.2, 0.25) is 0 Å². The summed E-state index contributed by atoms with van der Waals surface area (Å²) in [6, 6.07) is 0. The monoisotopic (exact) mass is 432 g/mol. The maximum absolute atomic E-state index is 6.40. The Kier molecular flexibility index (Phi) is 17.0. The van der Waals surface area contributed by atoms with Crippen molar-refractivity contribution in [3.63, 3.8) is 0 Å². The Morgan fingerprint density at radius 2 is 1.23 bits per heavy atom. The van der Waals surface area contributed by atoms with E-state index in [2.05, 4.69) is 27.7 Å². The van der Waals surface area contributed by atoms with Crippen molar-refractivity contribution in [2.45, 2.75) is 116 Å². The average Bonchev–Trinajstić information content (AvgIpc) is 2.89. The summed E-state index contributed by atoms with van der Waals surface area (Å²) in [4.78, 5) is 0. The fourth-order valence-electron chi connectivity index (χ4n) is 3.48. The zero-order chi connectivity index (χ0) is 22.0. The van der Waals surface area contributed by atoms with Crippen LogP contribution in [0.15, 0.2) is 0 Å². The summed E-state index contributed by atoms with van der Waals surface area (Å²) in [5, 5.41) is 0. The molecule has 0 radical (unpaired) electrons. The Labute approximate surface area is 185 Å². The van der Waals surface area contributed by atoms with Crippen LogP contribution < -0.4 is 0 Å². The Hall–Kier alpha value is -0.240. The van der Waals surface area contributed by atoms with Crippen molar-refractivity contribution >= 4 is 0 Å². The summed E-state index contributed by atoms with van der Waals surface area (Å²) in [6.07, 6.45) is 7.99. The second-order valence-electron chi connectivity index (χ2n) is 8.14. The SMILES string of the molecule is CCCCOC[C@H]1OC(OC)C[C@H](OCCCC)[C@@H](OCCCC)[C@@H]1OCCCC. The first-order valence-electron chi connectivity index (χ1n) is 12.3. The number of rotatable bonds is 18. The first-order valence-corrected chi connectivity index (χ1v) is 12.3. The standard InChI is InChI=1S/C24H48O6/c1-6-10-14-26-19-21-24(29-17-13-9-4)23(28-16-12-8-3)20(27-15-11-7-2)18-22(25-5)30-21/h20-24H,6-19H2,1-5H3/t20-,21+,22?,23+,24+/m0/s1. The number of hydrogen-bond acceptors (Lipinski definition) is 6. The number of ether oxygens (including phenoxy) is 6. The summed E-state index contributed by atoms with van der Waals surface area (Å²) >= 11 is 0. The van der Waals surface area contributed by atoms with E-state index >= 15 is 0 Å². The van der Waals surface area contributed by atoms with Crippen LogP contribution in [-0.2, 0) is 28.4 Å². The largest absolute Gasteiger partial charge is 0.379 e. The van der Waals surface area contributed by atoms with Crippen LogP contribution in [0.25, 0.3) is 0 Å². The van der Waals surface area contributed by atoms with E-state index in [1.807, 2.05) is 0 Å². The first-order chi connectivity index (χ1) is 14.7. The molecule has 0 saturated carbocycles. The van der Waals surface area contributed by atoms with E-state index in [0.29, 0.717) is 32.8 Å². The van der Waals surface area contributed by atoms with Gasteiger partial charge in [0.25, 0.3) is 0 Å². The van der Waals surface area contributed by atoms with Gasteiger partial charge in [-0.15, -0.1) is 0 Å². The lowest BCUT2D eigenvalue weighted by Crippen LogP contribution is -2.49. The molecule has 30 heavy (non-hydrogen) atoms. The van der Waals surface area contributed by atoms with Gasteiger partial charge in [-0.05, 0) is 25.7 Å². The molecule has 6 heteroatoms. The van der Waals surface area contributed by atoms with Crippen LogP contribution in [0.4, 0.5) is 0 Å². The highest BCUT2D eigenvalue weighted by Crippen LogP contribution is 2.28. The van der Waals surface area contributed by atoms with Crippen LogP contribution in [0.3, 0.4) is 0 Å². The number of methoxy groups -OCH3 is 1. The summed E-state index contributed by atoms with van der Waals surface area (Å²) in [5.74, 6) is 0. The van der Waals surface area contributed by atoms with Crippen LogP contribution in [0.5, 0.6) is 0 Å². The molecular weight excluding hydrogens is 384 g/mol. The van der Waals surface area contributed by atoms with Gasteiger partial charge in [0.2, 0.25) is 0 Å². The molecule has 6 nitrogen and oxygen atoms in total. The first kappa shape index (κ1) is 27.8. The van der Waals surface area contributed by atoms with E-state index in [9.17, 15) is 0 Å². The fourth-order valence-corrected chi connectivity index (χ4v) is 3.48. The van der Waals surface area contributed by atoms with Crippen LogP contribution in [0.1, 0.15) is 85.5 Å². The van der Waals surface area contributed by atoms with Crippen molar-refractivity contribution in [3.8, 4) is 0 Å². The lowest BCUT2D eigenvalue weighted by molar-refractivity contribution is -0.203. The molecular formula is C24H48O6. The number of unbranched alkanes of at least 4 members (excludes halogenated alkanes) is 4. The molecule has 0 amide bonds. The zero-order valence-electron chi connectivity index (χ0n) is 20.2. The normalized spacial score (nSPS) is 27.3. The topological polar surface area (TPSA) is 55.4 Å². The van der Waals surface area contributed by atoms with Crippen molar-refractivity contribution in [1.82, 2.24) is 0 Å². The summed E-state index contributed by atoms with van der Waals surface area (Å²) in [5.41, 5.74) is 0. The van der Waals surface area contributed by atoms with Crippen molar-refractivity contribution in [3.05, 3.63) is 0 Å². The highest BCUT2D eigenvalue weighted by atomic mass is 16.7. The van der Waals surface area contributed by atoms with E-state index in [0.717, 1.165) is 58.0 Å². The summed E-state index contributed by atoms with van der Waals surface area (Å²) in [6.45, 7) is 12.0. The Balaban J connectivity index is 3.00. The second kappa shape index (κ2) is 18.3. The molecule has 0 N–H and O–H groups in total. The van der Waals surface area contributed by atoms with Crippen LogP contribution in [-0.4, -0.2) is 70.9 Å². The summed E-state index contributed by atoms with van der Waals surface area (Å²) in [7, 11) is 1.69. The maximum Gasteiger partial charge on any atom is 0.160 e. The predicted molar refractivity (Wildman–Crippen MR) is 120 cm³/mol.